The highest BCUT2D eigenvalue weighted by Crippen LogP contribution is 2.32. The first-order chi connectivity index (χ1) is 8.72. The van der Waals surface area contributed by atoms with E-state index >= 15 is 0 Å². The van der Waals surface area contributed by atoms with Crippen molar-refractivity contribution in [1.29, 1.82) is 0 Å². The van der Waals surface area contributed by atoms with E-state index in [1.165, 1.54) is 58.2 Å². The Kier molecular flexibility index (Phi) is 5.50. The Morgan fingerprint density at radius 1 is 1.11 bits per heavy atom. The van der Waals surface area contributed by atoms with Gasteiger partial charge >= 0.3 is 0 Å². The zero-order valence-electron chi connectivity index (χ0n) is 12.6. The van der Waals surface area contributed by atoms with E-state index in [-0.39, 0.29) is 0 Å². The van der Waals surface area contributed by atoms with Gasteiger partial charge < -0.3 is 10.2 Å². The van der Waals surface area contributed by atoms with E-state index in [0.29, 0.717) is 0 Å². The summed E-state index contributed by atoms with van der Waals surface area (Å²) in [4.78, 5) is 2.75. The summed E-state index contributed by atoms with van der Waals surface area (Å²) in [5.74, 6) is 2.85. The Morgan fingerprint density at radius 2 is 1.89 bits per heavy atom. The Hall–Kier alpha value is -0.0800. The predicted molar refractivity (Wildman–Crippen MR) is 78.8 cm³/mol. The predicted octanol–water partition coefficient (Wildman–Crippen LogP) is 3.13. The molecular formula is C16H32N2. The molecule has 0 saturated heterocycles. The maximum Gasteiger partial charge on any atom is 0.0105 e. The molecule has 0 spiro atoms. The van der Waals surface area contributed by atoms with Gasteiger partial charge in [-0.25, -0.2) is 0 Å². The lowest BCUT2D eigenvalue weighted by molar-refractivity contribution is 0.144. The molecule has 2 heteroatoms. The summed E-state index contributed by atoms with van der Waals surface area (Å²) in [5, 5.41) is 3.56. The Labute approximate surface area is 114 Å². The van der Waals surface area contributed by atoms with E-state index in [1.807, 2.05) is 0 Å². The summed E-state index contributed by atoms with van der Waals surface area (Å²) in [6.07, 6.45) is 8.49. The quantitative estimate of drug-likeness (QED) is 0.749. The van der Waals surface area contributed by atoms with E-state index in [1.54, 1.807) is 0 Å². The largest absolute Gasteiger partial charge is 0.317 e. The smallest absolute Gasteiger partial charge is 0.0105 e. The van der Waals surface area contributed by atoms with Crippen LogP contribution in [0.25, 0.3) is 0 Å². The molecule has 3 unspecified atom stereocenters. The second-order valence-electron chi connectivity index (χ2n) is 6.78. The van der Waals surface area contributed by atoms with Crippen molar-refractivity contribution in [2.45, 2.75) is 58.4 Å². The fourth-order valence-electron chi connectivity index (χ4n) is 3.65. The van der Waals surface area contributed by atoms with Crippen molar-refractivity contribution in [3.05, 3.63) is 0 Å². The van der Waals surface area contributed by atoms with E-state index in [2.05, 4.69) is 31.1 Å². The van der Waals surface area contributed by atoms with Crippen molar-refractivity contribution < 1.29 is 0 Å². The van der Waals surface area contributed by atoms with Crippen LogP contribution in [0.2, 0.25) is 0 Å². The number of nitrogens with zero attached hydrogens (tertiary/aromatic N) is 1. The SMILES string of the molecule is CCCN(CC1CC1)CC1CC(C)CCC1NC. The van der Waals surface area contributed by atoms with Crippen molar-refractivity contribution in [2.75, 3.05) is 26.7 Å². The molecule has 0 bridgehead atoms. The monoisotopic (exact) mass is 252 g/mol. The lowest BCUT2D eigenvalue weighted by atomic mass is 9.78. The molecule has 0 amide bonds. The van der Waals surface area contributed by atoms with Crippen molar-refractivity contribution in [1.82, 2.24) is 10.2 Å². The second-order valence-corrected chi connectivity index (χ2v) is 6.78. The summed E-state index contributed by atoms with van der Waals surface area (Å²) < 4.78 is 0. The zero-order chi connectivity index (χ0) is 13.0. The van der Waals surface area contributed by atoms with Gasteiger partial charge in [0.15, 0.2) is 0 Å². The second kappa shape index (κ2) is 6.91. The lowest BCUT2D eigenvalue weighted by Crippen LogP contribution is -2.45. The standard InChI is InChI=1S/C16H32N2/c1-4-9-18(11-14-6-7-14)12-15-10-13(2)5-8-16(15)17-3/h13-17H,4-12H2,1-3H3. The first-order valence-electron chi connectivity index (χ1n) is 8.12. The highest BCUT2D eigenvalue weighted by molar-refractivity contribution is 4.86. The van der Waals surface area contributed by atoms with Crippen LogP contribution in [0, 0.1) is 17.8 Å². The molecule has 106 valence electrons. The van der Waals surface area contributed by atoms with Gasteiger partial charge in [0, 0.05) is 19.1 Å². The molecule has 2 aliphatic rings. The molecule has 0 aromatic carbocycles. The molecule has 0 aliphatic heterocycles. The molecular weight excluding hydrogens is 220 g/mol. The van der Waals surface area contributed by atoms with Crippen molar-refractivity contribution in [3.8, 4) is 0 Å². The molecule has 2 nitrogen and oxygen atoms in total. The van der Waals surface area contributed by atoms with Crippen LogP contribution >= 0.6 is 0 Å². The molecule has 18 heavy (non-hydrogen) atoms. The third-order valence-corrected chi connectivity index (χ3v) is 4.86. The average molecular weight is 252 g/mol. The van der Waals surface area contributed by atoms with Crippen LogP contribution < -0.4 is 5.32 Å². The average Bonchev–Trinajstić information content (AvgIpc) is 3.13. The molecule has 2 fully saturated rings. The topological polar surface area (TPSA) is 15.3 Å². The van der Waals surface area contributed by atoms with Crippen molar-refractivity contribution >= 4 is 0 Å². The molecule has 3 atom stereocenters. The van der Waals surface area contributed by atoms with E-state index < -0.39 is 0 Å². The number of hydrogen-bond donors (Lipinski definition) is 1. The minimum absolute atomic E-state index is 0.764. The van der Waals surface area contributed by atoms with Crippen molar-refractivity contribution in [2.24, 2.45) is 17.8 Å². The van der Waals surface area contributed by atoms with Crippen molar-refractivity contribution in [3.63, 3.8) is 0 Å². The highest BCUT2D eigenvalue weighted by Gasteiger charge is 2.30. The van der Waals surface area contributed by atoms with E-state index in [9.17, 15) is 0 Å². The molecule has 2 aliphatic carbocycles. The maximum atomic E-state index is 3.56. The summed E-state index contributed by atoms with van der Waals surface area (Å²) in [6.45, 7) is 8.76. The van der Waals surface area contributed by atoms with Crippen LogP contribution in [0.1, 0.15) is 52.4 Å². The van der Waals surface area contributed by atoms with Gasteiger partial charge in [0.05, 0.1) is 0 Å². The van der Waals surface area contributed by atoms with Crippen LogP contribution in [0.4, 0.5) is 0 Å². The summed E-state index contributed by atoms with van der Waals surface area (Å²) in [7, 11) is 2.15. The lowest BCUT2D eigenvalue weighted by Gasteiger charge is -2.38. The number of nitrogens with one attached hydrogen (secondary N) is 1. The van der Waals surface area contributed by atoms with Crippen LogP contribution in [0.3, 0.4) is 0 Å². The minimum atomic E-state index is 0.764. The normalized spacial score (nSPS) is 33.0. The van der Waals surface area contributed by atoms with Gasteiger partial charge in [-0.1, -0.05) is 13.8 Å². The third kappa shape index (κ3) is 4.24. The van der Waals surface area contributed by atoms with Gasteiger partial charge in [0.1, 0.15) is 0 Å². The zero-order valence-corrected chi connectivity index (χ0v) is 12.6. The molecule has 2 rings (SSSR count). The van der Waals surface area contributed by atoms with E-state index in [0.717, 1.165) is 23.8 Å². The molecule has 0 aromatic heterocycles. The molecule has 1 N–H and O–H groups in total. The first-order valence-corrected chi connectivity index (χ1v) is 8.12. The Balaban J connectivity index is 1.85. The van der Waals surface area contributed by atoms with Gasteiger partial charge in [-0.15, -0.1) is 0 Å². The molecule has 0 radical (unpaired) electrons. The van der Waals surface area contributed by atoms with Crippen LogP contribution in [0.5, 0.6) is 0 Å². The fourth-order valence-corrected chi connectivity index (χ4v) is 3.65. The fraction of sp³-hybridized carbons (Fsp3) is 1.00. The van der Waals surface area contributed by atoms with Gasteiger partial charge in [0.2, 0.25) is 0 Å². The maximum absolute atomic E-state index is 3.56. The Bertz CT molecular complexity index is 237. The van der Waals surface area contributed by atoms with Crippen LogP contribution in [-0.4, -0.2) is 37.6 Å². The van der Waals surface area contributed by atoms with E-state index in [4.69, 9.17) is 0 Å². The summed E-state index contributed by atoms with van der Waals surface area (Å²) >= 11 is 0. The number of rotatable bonds is 7. The van der Waals surface area contributed by atoms with Crippen LogP contribution in [0.15, 0.2) is 0 Å². The third-order valence-electron chi connectivity index (χ3n) is 4.86. The first kappa shape index (κ1) is 14.3. The highest BCUT2D eigenvalue weighted by atomic mass is 15.1. The number of hydrogen-bond acceptors (Lipinski definition) is 2. The molecule has 0 aromatic rings. The van der Waals surface area contributed by atoms with Gasteiger partial charge in [-0.05, 0) is 69.9 Å². The van der Waals surface area contributed by atoms with Gasteiger partial charge in [-0.2, -0.15) is 0 Å². The minimum Gasteiger partial charge on any atom is -0.317 e. The Morgan fingerprint density at radius 3 is 2.50 bits per heavy atom. The van der Waals surface area contributed by atoms with Gasteiger partial charge in [0.25, 0.3) is 0 Å². The molecule has 0 heterocycles. The summed E-state index contributed by atoms with van der Waals surface area (Å²) in [6, 6.07) is 0.764. The van der Waals surface area contributed by atoms with Crippen LogP contribution in [-0.2, 0) is 0 Å². The molecule has 2 saturated carbocycles. The van der Waals surface area contributed by atoms with Gasteiger partial charge in [-0.3, -0.25) is 0 Å². The summed E-state index contributed by atoms with van der Waals surface area (Å²) in [5.41, 5.74) is 0.